The number of nitrogens with zero attached hydrogens (tertiary/aromatic N) is 1. The van der Waals surface area contributed by atoms with Crippen molar-refractivity contribution in [3.63, 3.8) is 0 Å². The summed E-state index contributed by atoms with van der Waals surface area (Å²) in [5.41, 5.74) is 2.04. The van der Waals surface area contributed by atoms with Crippen LogP contribution in [0.3, 0.4) is 0 Å². The van der Waals surface area contributed by atoms with Crippen LogP contribution in [-0.4, -0.2) is 32.8 Å². The van der Waals surface area contributed by atoms with E-state index in [2.05, 4.69) is 10.6 Å². The molecule has 0 radical (unpaired) electrons. The van der Waals surface area contributed by atoms with Crippen molar-refractivity contribution in [3.8, 4) is 0 Å². The van der Waals surface area contributed by atoms with Crippen LogP contribution in [0.15, 0.2) is 83.8 Å². The number of anilines is 2. The van der Waals surface area contributed by atoms with E-state index in [-0.39, 0.29) is 22.8 Å². The van der Waals surface area contributed by atoms with Gasteiger partial charge in [-0.15, -0.1) is 0 Å². The van der Waals surface area contributed by atoms with Crippen molar-refractivity contribution in [1.82, 2.24) is 5.32 Å². The van der Waals surface area contributed by atoms with Gasteiger partial charge in [0.25, 0.3) is 15.9 Å². The second-order valence-electron chi connectivity index (χ2n) is 8.79. The first-order valence-electron chi connectivity index (χ1n) is 11.5. The highest BCUT2D eigenvalue weighted by atomic mass is 32.2. The molecule has 35 heavy (non-hydrogen) atoms. The van der Waals surface area contributed by atoms with Crippen LogP contribution < -0.4 is 14.9 Å². The summed E-state index contributed by atoms with van der Waals surface area (Å²) in [5, 5.41) is 5.52. The molecule has 3 aromatic rings. The summed E-state index contributed by atoms with van der Waals surface area (Å²) >= 11 is 0. The van der Waals surface area contributed by atoms with Crippen LogP contribution >= 0.6 is 0 Å². The maximum absolute atomic E-state index is 13.5. The highest BCUT2D eigenvalue weighted by Crippen LogP contribution is 2.26. The van der Waals surface area contributed by atoms with Gasteiger partial charge in [-0.1, -0.05) is 56.3 Å². The predicted octanol–water partition coefficient (Wildman–Crippen LogP) is 4.78. The van der Waals surface area contributed by atoms with Gasteiger partial charge in [-0.25, -0.2) is 8.42 Å². The summed E-state index contributed by atoms with van der Waals surface area (Å²) in [6.07, 6.45) is 0. The smallest absolute Gasteiger partial charge is 0.264 e. The zero-order valence-electron chi connectivity index (χ0n) is 20.4. The van der Waals surface area contributed by atoms with Crippen LogP contribution in [0.2, 0.25) is 0 Å². The molecule has 0 aliphatic rings. The molecule has 184 valence electrons. The lowest BCUT2D eigenvalue weighted by Gasteiger charge is -2.25. The summed E-state index contributed by atoms with van der Waals surface area (Å²) in [6.45, 7) is 7.33. The summed E-state index contributed by atoms with van der Waals surface area (Å²) in [6, 6.07) is 21.7. The fourth-order valence-electron chi connectivity index (χ4n) is 3.51. The molecule has 0 fully saturated rings. The van der Waals surface area contributed by atoms with Crippen LogP contribution in [0, 0.1) is 0 Å². The number of rotatable bonds is 9. The Morgan fingerprint density at radius 1 is 0.829 bits per heavy atom. The molecule has 7 nitrogen and oxygen atoms in total. The molecule has 2 N–H and O–H groups in total. The molecule has 0 aliphatic carbocycles. The predicted molar refractivity (Wildman–Crippen MR) is 139 cm³/mol. The maximum Gasteiger partial charge on any atom is 0.264 e. The topological polar surface area (TPSA) is 95.6 Å². The third kappa shape index (κ3) is 6.48. The van der Waals surface area contributed by atoms with E-state index in [4.69, 9.17) is 0 Å². The molecule has 3 rings (SSSR count). The summed E-state index contributed by atoms with van der Waals surface area (Å²) < 4.78 is 28.1. The van der Waals surface area contributed by atoms with Gasteiger partial charge >= 0.3 is 0 Å². The first-order valence-corrected chi connectivity index (χ1v) is 12.9. The second kappa shape index (κ2) is 11.2. The van der Waals surface area contributed by atoms with Gasteiger partial charge in [0.1, 0.15) is 6.54 Å². The number of carbonyl (C=O) groups is 2. The Morgan fingerprint density at radius 2 is 1.43 bits per heavy atom. The largest absolute Gasteiger partial charge is 0.350 e. The Bertz CT molecular complexity index is 1270. The summed E-state index contributed by atoms with van der Waals surface area (Å²) in [4.78, 5) is 25.7. The molecule has 0 spiro atoms. The van der Waals surface area contributed by atoms with E-state index in [1.807, 2.05) is 39.8 Å². The molecule has 0 atom stereocenters. The van der Waals surface area contributed by atoms with E-state index in [0.717, 1.165) is 9.87 Å². The van der Waals surface area contributed by atoms with E-state index in [1.54, 1.807) is 54.6 Å². The molecule has 0 saturated heterocycles. The molecule has 3 aromatic carbocycles. The Kier molecular flexibility index (Phi) is 8.30. The highest BCUT2D eigenvalue weighted by molar-refractivity contribution is 7.92. The van der Waals surface area contributed by atoms with Crippen LogP contribution in [-0.2, 0) is 14.8 Å². The van der Waals surface area contributed by atoms with Crippen molar-refractivity contribution in [3.05, 3.63) is 90.0 Å². The fraction of sp³-hybridized carbons (Fsp3) is 0.259. The fourth-order valence-corrected chi connectivity index (χ4v) is 4.95. The van der Waals surface area contributed by atoms with Crippen LogP contribution in [0.4, 0.5) is 11.4 Å². The Morgan fingerprint density at radius 3 is 2.03 bits per heavy atom. The molecule has 0 heterocycles. The summed E-state index contributed by atoms with van der Waals surface area (Å²) in [7, 11) is -4.02. The van der Waals surface area contributed by atoms with Gasteiger partial charge < -0.3 is 10.6 Å². The highest BCUT2D eigenvalue weighted by Gasteiger charge is 2.27. The minimum absolute atomic E-state index is 0.0772. The molecule has 0 aliphatic heterocycles. The first kappa shape index (κ1) is 26.0. The molecule has 0 aromatic heterocycles. The van der Waals surface area contributed by atoms with Gasteiger partial charge in [0.15, 0.2) is 0 Å². The molecule has 2 amide bonds. The van der Waals surface area contributed by atoms with E-state index in [9.17, 15) is 18.0 Å². The average molecular weight is 494 g/mol. The number of hydrogen-bond donors (Lipinski definition) is 2. The third-order valence-electron chi connectivity index (χ3n) is 5.33. The third-order valence-corrected chi connectivity index (χ3v) is 7.12. The lowest BCUT2D eigenvalue weighted by Crippen LogP contribution is -2.38. The van der Waals surface area contributed by atoms with Gasteiger partial charge in [-0.05, 0) is 61.7 Å². The van der Waals surface area contributed by atoms with Crippen LogP contribution in [0.25, 0.3) is 0 Å². The number of para-hydroxylation sites is 1. The molecular weight excluding hydrogens is 462 g/mol. The number of nitrogens with one attached hydrogen (secondary N) is 2. The Labute approximate surface area is 207 Å². The monoisotopic (exact) mass is 493 g/mol. The second-order valence-corrected chi connectivity index (χ2v) is 10.7. The van der Waals surface area contributed by atoms with Gasteiger partial charge in [-0.3, -0.25) is 13.9 Å². The minimum Gasteiger partial charge on any atom is -0.350 e. The lowest BCUT2D eigenvalue weighted by molar-refractivity contribution is -0.114. The van der Waals surface area contributed by atoms with Crippen molar-refractivity contribution >= 4 is 33.2 Å². The molecule has 0 bridgehead atoms. The quantitative estimate of drug-likeness (QED) is 0.448. The molecular formula is C27H31N3O4S. The normalized spacial score (nSPS) is 11.4. The zero-order chi connectivity index (χ0) is 25.6. The van der Waals surface area contributed by atoms with Crippen molar-refractivity contribution in [2.24, 2.45) is 0 Å². The number of benzene rings is 3. The summed E-state index contributed by atoms with van der Waals surface area (Å²) in [5.74, 6) is -0.615. The van der Waals surface area contributed by atoms with E-state index >= 15 is 0 Å². The van der Waals surface area contributed by atoms with Crippen molar-refractivity contribution in [2.45, 2.75) is 44.6 Å². The maximum atomic E-state index is 13.5. The van der Waals surface area contributed by atoms with E-state index in [0.29, 0.717) is 16.9 Å². The van der Waals surface area contributed by atoms with Crippen molar-refractivity contribution in [2.75, 3.05) is 16.2 Å². The minimum atomic E-state index is -4.02. The molecule has 8 heteroatoms. The van der Waals surface area contributed by atoms with E-state index in [1.165, 1.54) is 12.1 Å². The van der Waals surface area contributed by atoms with Crippen molar-refractivity contribution < 1.29 is 18.0 Å². The number of amides is 2. The zero-order valence-corrected chi connectivity index (χ0v) is 21.2. The standard InChI is InChI=1S/C27H31N3O4S/c1-19(2)21-14-16-22(17-15-21)30(35(33,34)23-10-6-5-7-11-23)18-26(31)29-25-13-9-8-12-24(25)27(32)28-20(3)4/h5-17,19-20H,18H2,1-4H3,(H,28,32)(H,29,31). The number of carbonyl (C=O) groups excluding carboxylic acids is 2. The first-order chi connectivity index (χ1) is 16.6. The molecule has 0 saturated carbocycles. The Hall–Kier alpha value is -3.65. The Balaban J connectivity index is 1.93. The van der Waals surface area contributed by atoms with E-state index < -0.39 is 22.5 Å². The number of sulfonamides is 1. The van der Waals surface area contributed by atoms with Crippen molar-refractivity contribution in [1.29, 1.82) is 0 Å². The number of hydrogen-bond acceptors (Lipinski definition) is 4. The van der Waals surface area contributed by atoms with Gasteiger partial charge in [0.05, 0.1) is 21.8 Å². The van der Waals surface area contributed by atoms with Gasteiger partial charge in [0, 0.05) is 6.04 Å². The van der Waals surface area contributed by atoms with Gasteiger partial charge in [-0.2, -0.15) is 0 Å². The van der Waals surface area contributed by atoms with Crippen LogP contribution in [0.5, 0.6) is 0 Å². The average Bonchev–Trinajstić information content (AvgIpc) is 2.83. The molecule has 0 unspecified atom stereocenters. The van der Waals surface area contributed by atoms with Crippen LogP contribution in [0.1, 0.15) is 49.5 Å². The lowest BCUT2D eigenvalue weighted by atomic mass is 10.0. The van der Waals surface area contributed by atoms with Gasteiger partial charge in [0.2, 0.25) is 5.91 Å². The SMILES string of the molecule is CC(C)NC(=O)c1ccccc1NC(=O)CN(c1ccc(C(C)C)cc1)S(=O)(=O)c1ccccc1.